The van der Waals surface area contributed by atoms with Gasteiger partial charge < -0.3 is 15.5 Å². The number of aliphatic hydroxyl groups is 1. The third-order valence-electron chi connectivity index (χ3n) is 3.10. The summed E-state index contributed by atoms with van der Waals surface area (Å²) >= 11 is 0. The van der Waals surface area contributed by atoms with Crippen LogP contribution in [-0.2, 0) is 4.79 Å². The lowest BCUT2D eigenvalue weighted by Crippen LogP contribution is -2.43. The average Bonchev–Trinajstić information content (AvgIpc) is 2.36. The van der Waals surface area contributed by atoms with Gasteiger partial charge in [0.25, 0.3) is 0 Å². The fourth-order valence-corrected chi connectivity index (χ4v) is 1.83. The molecule has 0 spiro atoms. The van der Waals surface area contributed by atoms with Gasteiger partial charge in [-0.3, -0.25) is 4.79 Å². The molecule has 0 aromatic heterocycles. The van der Waals surface area contributed by atoms with Crippen LogP contribution in [0, 0.1) is 5.41 Å². The minimum atomic E-state index is -0.188. The molecule has 0 bridgehead atoms. The first kappa shape index (κ1) is 16.2. The van der Waals surface area contributed by atoms with Crippen molar-refractivity contribution in [3.05, 3.63) is 35.9 Å². The molecule has 1 amide bonds. The molecular formula is C16H23NO3. The minimum Gasteiger partial charge on any atom is -0.508 e. The van der Waals surface area contributed by atoms with E-state index in [1.54, 1.807) is 30.3 Å². The van der Waals surface area contributed by atoms with Crippen LogP contribution in [0.2, 0.25) is 0 Å². The first-order valence-electron chi connectivity index (χ1n) is 6.71. The van der Waals surface area contributed by atoms with E-state index >= 15 is 0 Å². The number of hydrogen-bond acceptors (Lipinski definition) is 3. The second-order valence-corrected chi connectivity index (χ2v) is 5.86. The number of phenolic OH excluding ortho intramolecular Hbond substituents is 1. The molecule has 0 saturated carbocycles. The van der Waals surface area contributed by atoms with Crippen molar-refractivity contribution in [3.8, 4) is 5.75 Å². The highest BCUT2D eigenvalue weighted by Crippen LogP contribution is 2.21. The summed E-state index contributed by atoms with van der Waals surface area (Å²) in [4.78, 5) is 11.9. The summed E-state index contributed by atoms with van der Waals surface area (Å²) in [6.45, 7) is 6.12. The Kier molecular flexibility index (Phi) is 5.77. The molecule has 0 aliphatic rings. The molecule has 0 heterocycles. The summed E-state index contributed by atoms with van der Waals surface area (Å²) in [6, 6.07) is 6.52. The average molecular weight is 277 g/mol. The van der Waals surface area contributed by atoms with Crippen LogP contribution in [0.3, 0.4) is 0 Å². The monoisotopic (exact) mass is 277 g/mol. The Bertz CT molecular complexity index is 458. The molecule has 4 nitrogen and oxygen atoms in total. The molecule has 20 heavy (non-hydrogen) atoms. The smallest absolute Gasteiger partial charge is 0.244 e. The van der Waals surface area contributed by atoms with Crippen LogP contribution in [0.15, 0.2) is 30.3 Å². The number of carbonyl (C=O) groups excluding carboxylic acids is 1. The Hall–Kier alpha value is -1.81. The zero-order valence-electron chi connectivity index (χ0n) is 12.3. The second-order valence-electron chi connectivity index (χ2n) is 5.86. The lowest BCUT2D eigenvalue weighted by Gasteiger charge is -2.30. The molecule has 1 aromatic rings. The van der Waals surface area contributed by atoms with E-state index in [1.165, 1.54) is 6.08 Å². The van der Waals surface area contributed by atoms with E-state index in [1.807, 2.05) is 20.8 Å². The summed E-state index contributed by atoms with van der Waals surface area (Å²) < 4.78 is 0. The molecular weight excluding hydrogens is 254 g/mol. The molecule has 4 heteroatoms. The summed E-state index contributed by atoms with van der Waals surface area (Å²) in [5, 5.41) is 21.1. The predicted molar refractivity (Wildman–Crippen MR) is 80.2 cm³/mol. The Balaban J connectivity index is 2.63. The number of benzene rings is 1. The van der Waals surface area contributed by atoms with Crippen LogP contribution in [0.5, 0.6) is 5.75 Å². The van der Waals surface area contributed by atoms with Crippen molar-refractivity contribution in [2.24, 2.45) is 5.41 Å². The lowest BCUT2D eigenvalue weighted by molar-refractivity contribution is -0.118. The van der Waals surface area contributed by atoms with Crippen molar-refractivity contribution in [2.45, 2.75) is 33.2 Å². The van der Waals surface area contributed by atoms with E-state index in [-0.39, 0.29) is 29.7 Å². The Morgan fingerprint density at radius 3 is 2.40 bits per heavy atom. The van der Waals surface area contributed by atoms with Gasteiger partial charge in [-0.1, -0.05) is 32.9 Å². The lowest BCUT2D eigenvalue weighted by atomic mass is 9.85. The van der Waals surface area contributed by atoms with E-state index in [9.17, 15) is 9.90 Å². The van der Waals surface area contributed by atoms with E-state index in [4.69, 9.17) is 5.11 Å². The fraction of sp³-hybridized carbons (Fsp3) is 0.438. The Morgan fingerprint density at radius 1 is 1.30 bits per heavy atom. The highest BCUT2D eigenvalue weighted by Gasteiger charge is 2.24. The Morgan fingerprint density at radius 2 is 1.90 bits per heavy atom. The van der Waals surface area contributed by atoms with Gasteiger partial charge in [0.15, 0.2) is 0 Å². The zero-order chi connectivity index (χ0) is 15.2. The van der Waals surface area contributed by atoms with E-state index in [2.05, 4.69) is 5.32 Å². The summed E-state index contributed by atoms with van der Waals surface area (Å²) in [5.74, 6) is 0.00814. The number of aliphatic hydroxyl groups excluding tert-OH is 1. The molecule has 0 aliphatic carbocycles. The van der Waals surface area contributed by atoms with Gasteiger partial charge in [0.2, 0.25) is 5.91 Å². The van der Waals surface area contributed by atoms with Gasteiger partial charge in [0.05, 0.1) is 0 Å². The standard InChI is InChI=1S/C16H23NO3/c1-16(2,3)14(10-11-18)17-15(20)9-6-12-4-7-13(19)8-5-12/h4-9,14,18-19H,10-11H2,1-3H3,(H,17,20)/b9-6+. The van der Waals surface area contributed by atoms with Crippen LogP contribution in [-0.4, -0.2) is 28.8 Å². The van der Waals surface area contributed by atoms with Crippen LogP contribution in [0.25, 0.3) is 6.08 Å². The predicted octanol–water partition coefficient (Wildman–Crippen LogP) is 2.32. The number of aromatic hydroxyl groups is 1. The van der Waals surface area contributed by atoms with Gasteiger partial charge >= 0.3 is 0 Å². The molecule has 0 radical (unpaired) electrons. The normalized spacial score (nSPS) is 13.4. The number of rotatable bonds is 5. The number of phenols is 1. The zero-order valence-corrected chi connectivity index (χ0v) is 12.3. The largest absolute Gasteiger partial charge is 0.508 e. The first-order chi connectivity index (χ1) is 9.32. The number of amides is 1. The minimum absolute atomic E-state index is 0.0455. The van der Waals surface area contributed by atoms with Crippen molar-refractivity contribution in [2.75, 3.05) is 6.61 Å². The van der Waals surface area contributed by atoms with Crippen LogP contribution < -0.4 is 5.32 Å². The molecule has 3 N–H and O–H groups in total. The summed E-state index contributed by atoms with van der Waals surface area (Å²) in [5.41, 5.74) is 0.734. The maximum atomic E-state index is 11.9. The summed E-state index contributed by atoms with van der Waals surface area (Å²) in [6.07, 6.45) is 3.68. The molecule has 0 fully saturated rings. The van der Waals surface area contributed by atoms with Gasteiger partial charge in [-0.25, -0.2) is 0 Å². The molecule has 1 rings (SSSR count). The maximum Gasteiger partial charge on any atom is 0.244 e. The number of nitrogens with one attached hydrogen (secondary N) is 1. The van der Waals surface area contributed by atoms with Crippen molar-refractivity contribution >= 4 is 12.0 Å². The second kappa shape index (κ2) is 7.10. The molecule has 110 valence electrons. The fourth-order valence-electron chi connectivity index (χ4n) is 1.83. The summed E-state index contributed by atoms with van der Waals surface area (Å²) in [7, 11) is 0. The molecule has 1 unspecified atom stereocenters. The van der Waals surface area contributed by atoms with Crippen LogP contribution >= 0.6 is 0 Å². The molecule has 0 aliphatic heterocycles. The topological polar surface area (TPSA) is 69.6 Å². The quantitative estimate of drug-likeness (QED) is 0.723. The number of carbonyl (C=O) groups is 1. The maximum absolute atomic E-state index is 11.9. The Labute approximate surface area is 120 Å². The molecule has 1 aromatic carbocycles. The first-order valence-corrected chi connectivity index (χ1v) is 6.71. The van der Waals surface area contributed by atoms with E-state index in [0.29, 0.717) is 6.42 Å². The third-order valence-corrected chi connectivity index (χ3v) is 3.10. The van der Waals surface area contributed by atoms with E-state index < -0.39 is 0 Å². The highest BCUT2D eigenvalue weighted by atomic mass is 16.3. The van der Waals surface area contributed by atoms with Gasteiger partial charge in [-0.2, -0.15) is 0 Å². The van der Waals surface area contributed by atoms with Gasteiger partial charge in [-0.15, -0.1) is 0 Å². The van der Waals surface area contributed by atoms with Crippen LogP contribution in [0.4, 0.5) is 0 Å². The van der Waals surface area contributed by atoms with Crippen molar-refractivity contribution in [1.29, 1.82) is 0 Å². The SMILES string of the molecule is CC(C)(C)C(CCO)NC(=O)/C=C/c1ccc(O)cc1. The van der Waals surface area contributed by atoms with Crippen molar-refractivity contribution in [3.63, 3.8) is 0 Å². The third kappa shape index (κ3) is 5.45. The molecule has 1 atom stereocenters. The van der Waals surface area contributed by atoms with Gasteiger partial charge in [0, 0.05) is 18.7 Å². The van der Waals surface area contributed by atoms with E-state index in [0.717, 1.165) is 5.56 Å². The van der Waals surface area contributed by atoms with Gasteiger partial charge in [0.1, 0.15) is 5.75 Å². The highest BCUT2D eigenvalue weighted by molar-refractivity contribution is 5.91. The van der Waals surface area contributed by atoms with Crippen molar-refractivity contribution < 1.29 is 15.0 Å². The molecule has 0 saturated heterocycles. The number of hydrogen-bond donors (Lipinski definition) is 3. The van der Waals surface area contributed by atoms with Gasteiger partial charge in [-0.05, 0) is 35.6 Å². The van der Waals surface area contributed by atoms with Crippen molar-refractivity contribution in [1.82, 2.24) is 5.32 Å². The van der Waals surface area contributed by atoms with Crippen LogP contribution in [0.1, 0.15) is 32.8 Å².